The van der Waals surface area contributed by atoms with Crippen LogP contribution >= 0.6 is 11.6 Å². The number of hydrogen-bond donors (Lipinski definition) is 1. The summed E-state index contributed by atoms with van der Waals surface area (Å²) in [5.74, 6) is -1.21. The summed E-state index contributed by atoms with van der Waals surface area (Å²) >= 11 is 5.86. The van der Waals surface area contributed by atoms with Gasteiger partial charge < -0.3 is 19.1 Å². The van der Waals surface area contributed by atoms with Gasteiger partial charge in [0, 0.05) is 23.4 Å². The summed E-state index contributed by atoms with van der Waals surface area (Å²) in [7, 11) is 3.01. The molecule has 0 aliphatic heterocycles. The molecule has 0 radical (unpaired) electrons. The molecule has 0 aliphatic carbocycles. The zero-order valence-corrected chi connectivity index (χ0v) is 16.0. The molecular weight excluding hydrogens is 391 g/mol. The van der Waals surface area contributed by atoms with E-state index in [1.54, 1.807) is 18.2 Å². The highest BCUT2D eigenvalue weighted by Crippen LogP contribution is 2.28. The van der Waals surface area contributed by atoms with Gasteiger partial charge in [-0.3, -0.25) is 4.79 Å². The minimum Gasteiger partial charge on any atom is -0.497 e. The normalized spacial score (nSPS) is 10.9. The minimum atomic E-state index is -1.42. The maximum Gasteiger partial charge on any atom is 0.341 e. The SMILES string of the molecule is COc1ccc(Cn2cc(C(=O)O)c(=O)c3c(C)c(F)c(Cl)nc32)c(OC)c1. The Bertz CT molecular complexity index is 1160. The zero-order valence-electron chi connectivity index (χ0n) is 15.2. The molecule has 3 aromatic rings. The number of ether oxygens (including phenoxy) is 2. The Morgan fingerprint density at radius 3 is 2.64 bits per heavy atom. The lowest BCUT2D eigenvalue weighted by Gasteiger charge is -2.16. The van der Waals surface area contributed by atoms with E-state index in [1.807, 2.05) is 0 Å². The average Bonchev–Trinajstić information content (AvgIpc) is 2.67. The molecule has 0 saturated carbocycles. The van der Waals surface area contributed by atoms with Crippen molar-refractivity contribution in [3.8, 4) is 11.5 Å². The molecule has 0 unspecified atom stereocenters. The molecule has 146 valence electrons. The molecule has 0 amide bonds. The number of rotatable bonds is 5. The number of methoxy groups -OCH3 is 2. The van der Waals surface area contributed by atoms with Crippen molar-refractivity contribution in [2.75, 3.05) is 14.2 Å². The Balaban J connectivity index is 2.31. The van der Waals surface area contributed by atoms with Gasteiger partial charge in [0.1, 0.15) is 22.7 Å². The standard InChI is InChI=1S/C19H16ClFN2O5/c1-9-14-16(24)12(19(25)26)8-23(18(14)22-17(20)15(9)21)7-10-4-5-11(27-2)6-13(10)28-3/h4-6,8H,7H2,1-3H3,(H,25,26). The maximum absolute atomic E-state index is 14.2. The molecule has 0 atom stereocenters. The number of nitrogens with zero attached hydrogens (tertiary/aromatic N) is 2. The minimum absolute atomic E-state index is 0.0569. The van der Waals surface area contributed by atoms with Gasteiger partial charge in [0.15, 0.2) is 11.0 Å². The molecule has 0 bridgehead atoms. The van der Waals surface area contributed by atoms with Crippen LogP contribution in [0.25, 0.3) is 11.0 Å². The van der Waals surface area contributed by atoms with Crippen LogP contribution in [0.4, 0.5) is 4.39 Å². The van der Waals surface area contributed by atoms with E-state index < -0.39 is 27.9 Å². The van der Waals surface area contributed by atoms with Gasteiger partial charge >= 0.3 is 5.97 Å². The molecule has 1 N–H and O–H groups in total. The predicted octanol–water partition coefficient (Wildman–Crippen LogP) is 3.26. The fraction of sp³-hybridized carbons (Fsp3) is 0.211. The molecule has 28 heavy (non-hydrogen) atoms. The fourth-order valence-electron chi connectivity index (χ4n) is 2.96. The van der Waals surface area contributed by atoms with Crippen molar-refractivity contribution in [2.45, 2.75) is 13.5 Å². The number of hydrogen-bond acceptors (Lipinski definition) is 5. The van der Waals surface area contributed by atoms with Crippen LogP contribution in [0.1, 0.15) is 21.5 Å². The number of aryl methyl sites for hydroxylation is 1. The van der Waals surface area contributed by atoms with Gasteiger partial charge in [-0.25, -0.2) is 14.2 Å². The van der Waals surface area contributed by atoms with Gasteiger partial charge in [0.05, 0.1) is 26.2 Å². The van der Waals surface area contributed by atoms with E-state index in [-0.39, 0.29) is 23.1 Å². The summed E-state index contributed by atoms with van der Waals surface area (Å²) in [6.45, 7) is 1.47. The third kappa shape index (κ3) is 3.27. The molecule has 3 rings (SSSR count). The van der Waals surface area contributed by atoms with Crippen LogP contribution < -0.4 is 14.9 Å². The van der Waals surface area contributed by atoms with Crippen LogP contribution in [0.15, 0.2) is 29.2 Å². The molecule has 0 fully saturated rings. The van der Waals surface area contributed by atoms with Gasteiger partial charge in [0.25, 0.3) is 0 Å². The highest BCUT2D eigenvalue weighted by molar-refractivity contribution is 6.30. The highest BCUT2D eigenvalue weighted by atomic mass is 35.5. The monoisotopic (exact) mass is 406 g/mol. The van der Waals surface area contributed by atoms with Crippen molar-refractivity contribution in [3.05, 3.63) is 62.3 Å². The van der Waals surface area contributed by atoms with E-state index >= 15 is 0 Å². The van der Waals surface area contributed by atoms with Crippen LogP contribution in [-0.2, 0) is 6.54 Å². The lowest BCUT2D eigenvalue weighted by molar-refractivity contribution is 0.0695. The van der Waals surface area contributed by atoms with Gasteiger partial charge in [-0.05, 0) is 19.1 Å². The summed E-state index contributed by atoms with van der Waals surface area (Å²) in [6, 6.07) is 5.12. The number of pyridine rings is 2. The van der Waals surface area contributed by atoms with Crippen LogP contribution in [-0.4, -0.2) is 34.8 Å². The average molecular weight is 407 g/mol. The van der Waals surface area contributed by atoms with Crippen molar-refractivity contribution in [1.29, 1.82) is 0 Å². The molecule has 1 aromatic carbocycles. The first-order valence-corrected chi connectivity index (χ1v) is 8.49. The van der Waals surface area contributed by atoms with Crippen molar-refractivity contribution in [2.24, 2.45) is 0 Å². The van der Waals surface area contributed by atoms with Gasteiger partial charge in [-0.2, -0.15) is 0 Å². The van der Waals surface area contributed by atoms with E-state index in [2.05, 4.69) is 4.98 Å². The Labute approximate surface area is 163 Å². The predicted molar refractivity (Wildman–Crippen MR) is 101 cm³/mol. The van der Waals surface area contributed by atoms with Gasteiger partial charge in [0.2, 0.25) is 5.43 Å². The fourth-order valence-corrected chi connectivity index (χ4v) is 3.18. The Kier molecular flexibility index (Phi) is 5.24. The van der Waals surface area contributed by atoms with Gasteiger partial charge in [-0.15, -0.1) is 0 Å². The third-order valence-corrected chi connectivity index (χ3v) is 4.66. The van der Waals surface area contributed by atoms with E-state index in [0.29, 0.717) is 17.1 Å². The van der Waals surface area contributed by atoms with E-state index in [1.165, 1.54) is 25.7 Å². The van der Waals surface area contributed by atoms with Crippen molar-refractivity contribution >= 4 is 28.6 Å². The topological polar surface area (TPSA) is 90.7 Å². The summed E-state index contributed by atoms with van der Waals surface area (Å²) in [5.41, 5.74) is -0.618. The number of aromatic nitrogens is 2. The summed E-state index contributed by atoms with van der Waals surface area (Å²) in [6.07, 6.45) is 1.16. The number of carboxylic acids is 1. The molecule has 2 aromatic heterocycles. The third-order valence-electron chi connectivity index (χ3n) is 4.41. The number of benzene rings is 1. The van der Waals surface area contributed by atoms with Crippen LogP contribution in [0.3, 0.4) is 0 Å². The summed E-state index contributed by atoms with van der Waals surface area (Å²) in [5, 5.41) is 8.87. The quantitative estimate of drug-likeness (QED) is 0.654. The number of halogens is 2. The molecule has 7 nitrogen and oxygen atoms in total. The van der Waals surface area contributed by atoms with Crippen molar-refractivity contribution < 1.29 is 23.8 Å². The van der Waals surface area contributed by atoms with Crippen LogP contribution in [0, 0.1) is 12.7 Å². The molecule has 0 spiro atoms. The second-order valence-electron chi connectivity index (χ2n) is 6.02. The highest BCUT2D eigenvalue weighted by Gasteiger charge is 2.21. The first-order chi connectivity index (χ1) is 13.3. The van der Waals surface area contributed by atoms with Crippen molar-refractivity contribution in [3.63, 3.8) is 0 Å². The number of aromatic carboxylic acids is 1. The van der Waals surface area contributed by atoms with Crippen LogP contribution in [0.2, 0.25) is 5.15 Å². The second-order valence-corrected chi connectivity index (χ2v) is 6.38. The van der Waals surface area contributed by atoms with E-state index in [9.17, 15) is 19.1 Å². The first-order valence-electron chi connectivity index (χ1n) is 8.11. The molecule has 0 saturated heterocycles. The molecular formula is C19H16ClFN2O5. The van der Waals surface area contributed by atoms with Crippen molar-refractivity contribution in [1.82, 2.24) is 9.55 Å². The number of carbonyl (C=O) groups is 1. The molecule has 2 heterocycles. The lowest BCUT2D eigenvalue weighted by atomic mass is 10.1. The van der Waals surface area contributed by atoms with E-state index in [4.69, 9.17) is 21.1 Å². The lowest BCUT2D eigenvalue weighted by Crippen LogP contribution is -2.21. The smallest absolute Gasteiger partial charge is 0.341 e. The zero-order chi connectivity index (χ0) is 20.6. The van der Waals surface area contributed by atoms with Crippen LogP contribution in [0.5, 0.6) is 11.5 Å². The second kappa shape index (κ2) is 7.47. The number of carboxylic acid groups (broad SMARTS) is 1. The van der Waals surface area contributed by atoms with Gasteiger partial charge in [-0.1, -0.05) is 11.6 Å². The molecule has 0 aliphatic rings. The Morgan fingerprint density at radius 1 is 1.32 bits per heavy atom. The number of fused-ring (bicyclic) bond motifs is 1. The summed E-state index contributed by atoms with van der Waals surface area (Å²) < 4.78 is 26.2. The summed E-state index contributed by atoms with van der Waals surface area (Å²) in [4.78, 5) is 28.1. The Morgan fingerprint density at radius 2 is 2.04 bits per heavy atom. The maximum atomic E-state index is 14.2. The van der Waals surface area contributed by atoms with E-state index in [0.717, 1.165) is 6.20 Å². The Hall–Kier alpha value is -3.13. The largest absolute Gasteiger partial charge is 0.497 e. The molecule has 9 heteroatoms. The first kappa shape index (κ1) is 19.6.